The zero-order chi connectivity index (χ0) is 33.9. The molecule has 0 fully saturated rings. The quantitative estimate of drug-likeness (QED) is 0.0943. The lowest BCUT2D eigenvalue weighted by molar-refractivity contribution is -0.116. The van der Waals surface area contributed by atoms with Crippen LogP contribution in [0.1, 0.15) is 26.7 Å². The van der Waals surface area contributed by atoms with Gasteiger partial charge in [0, 0.05) is 41.6 Å². The van der Waals surface area contributed by atoms with Gasteiger partial charge >= 0.3 is 0 Å². The molecule has 0 aliphatic carbocycles. The van der Waals surface area contributed by atoms with Gasteiger partial charge < -0.3 is 25.6 Å². The monoisotopic (exact) mass is 656 g/mol. The van der Waals surface area contributed by atoms with E-state index in [1.54, 1.807) is 73.8 Å². The van der Waals surface area contributed by atoms with Gasteiger partial charge in [-0.15, -0.1) is 11.8 Å². The van der Waals surface area contributed by atoms with Crippen molar-refractivity contribution >= 4 is 52.6 Å². The highest BCUT2D eigenvalue weighted by Gasteiger charge is 2.23. The first-order chi connectivity index (χ1) is 23.3. The van der Waals surface area contributed by atoms with E-state index in [4.69, 9.17) is 4.74 Å². The third-order valence-corrected chi connectivity index (χ3v) is 8.58. The molecule has 0 aliphatic heterocycles. The summed E-state index contributed by atoms with van der Waals surface area (Å²) in [6, 6.07) is 40.4. The first-order valence-corrected chi connectivity index (χ1v) is 16.1. The molecule has 8 nitrogen and oxygen atoms in total. The summed E-state index contributed by atoms with van der Waals surface area (Å²) < 4.78 is 5.22. The molecule has 0 heterocycles. The fourth-order valence-corrected chi connectivity index (χ4v) is 5.74. The second-order valence-corrected chi connectivity index (χ2v) is 12.1. The van der Waals surface area contributed by atoms with Gasteiger partial charge in [0.25, 0.3) is 11.8 Å². The standard InChI is InChI=1S/C39H36N4O4S/c1-43(2)32-20-14-27(15-21-32)26-35(42-37(44)29-12-8-5-9-13-29)38(45)40-31-18-24-34(25-19-31)48-36(28-10-6-4-7-11-28)39(46)41-30-16-22-33(47-3)23-17-30/h4-26,36H,1-3H3,(H,40,45)(H,41,46)(H,42,44)/b35-26-. The average Bonchev–Trinajstić information content (AvgIpc) is 3.12. The minimum Gasteiger partial charge on any atom is -0.497 e. The molecule has 0 aromatic heterocycles. The maximum absolute atomic E-state index is 13.5. The van der Waals surface area contributed by atoms with E-state index in [1.165, 1.54) is 11.8 Å². The van der Waals surface area contributed by atoms with Crippen LogP contribution >= 0.6 is 11.8 Å². The summed E-state index contributed by atoms with van der Waals surface area (Å²) in [7, 11) is 5.50. The highest BCUT2D eigenvalue weighted by molar-refractivity contribution is 8.00. The summed E-state index contributed by atoms with van der Waals surface area (Å²) in [5.41, 5.74) is 4.35. The molecule has 242 valence electrons. The second-order valence-electron chi connectivity index (χ2n) is 11.0. The van der Waals surface area contributed by atoms with Crippen molar-refractivity contribution in [1.29, 1.82) is 0 Å². The van der Waals surface area contributed by atoms with Crippen molar-refractivity contribution in [3.8, 4) is 5.75 Å². The zero-order valence-corrected chi connectivity index (χ0v) is 27.7. The van der Waals surface area contributed by atoms with Gasteiger partial charge in [0.2, 0.25) is 5.91 Å². The molecule has 0 radical (unpaired) electrons. The van der Waals surface area contributed by atoms with Gasteiger partial charge in [0.05, 0.1) is 7.11 Å². The van der Waals surface area contributed by atoms with Gasteiger partial charge in [-0.3, -0.25) is 14.4 Å². The predicted octanol–water partition coefficient (Wildman–Crippen LogP) is 7.64. The van der Waals surface area contributed by atoms with Gasteiger partial charge in [-0.2, -0.15) is 0 Å². The predicted molar refractivity (Wildman–Crippen MR) is 194 cm³/mol. The topological polar surface area (TPSA) is 99.8 Å². The minimum atomic E-state index is -0.532. The molecule has 0 spiro atoms. The molecular formula is C39H36N4O4S. The number of carbonyl (C=O) groups excluding carboxylic acids is 3. The number of amides is 3. The number of nitrogens with zero attached hydrogens (tertiary/aromatic N) is 1. The number of methoxy groups -OCH3 is 1. The lowest BCUT2D eigenvalue weighted by atomic mass is 10.1. The molecule has 5 aromatic rings. The normalized spacial score (nSPS) is 11.6. The van der Waals surface area contributed by atoms with Gasteiger partial charge in [0.15, 0.2) is 0 Å². The molecule has 0 bridgehead atoms. The summed E-state index contributed by atoms with van der Waals surface area (Å²) in [6.45, 7) is 0. The molecule has 1 unspecified atom stereocenters. The third-order valence-electron chi connectivity index (χ3n) is 7.31. The Balaban J connectivity index is 1.32. The molecule has 3 N–H and O–H groups in total. The van der Waals surface area contributed by atoms with Crippen molar-refractivity contribution in [1.82, 2.24) is 5.32 Å². The molecular weight excluding hydrogens is 621 g/mol. The summed E-state index contributed by atoms with van der Waals surface area (Å²) in [5, 5.41) is 8.14. The van der Waals surface area contributed by atoms with E-state index in [1.807, 2.05) is 91.8 Å². The fraction of sp³-hybridized carbons (Fsp3) is 0.103. The smallest absolute Gasteiger partial charge is 0.272 e. The van der Waals surface area contributed by atoms with E-state index in [9.17, 15) is 14.4 Å². The number of anilines is 3. The lowest BCUT2D eigenvalue weighted by Gasteiger charge is -2.18. The van der Waals surface area contributed by atoms with Crippen molar-refractivity contribution in [3.63, 3.8) is 0 Å². The van der Waals surface area contributed by atoms with Gasteiger partial charge in [-0.05, 0) is 90.0 Å². The van der Waals surface area contributed by atoms with Crippen LogP contribution in [0.2, 0.25) is 0 Å². The molecule has 48 heavy (non-hydrogen) atoms. The van der Waals surface area contributed by atoms with Crippen LogP contribution in [0, 0.1) is 0 Å². The zero-order valence-electron chi connectivity index (χ0n) is 26.8. The Morgan fingerprint density at radius 3 is 1.90 bits per heavy atom. The van der Waals surface area contributed by atoms with E-state index in [2.05, 4.69) is 16.0 Å². The fourth-order valence-electron chi connectivity index (χ4n) is 4.71. The first kappa shape index (κ1) is 33.6. The van der Waals surface area contributed by atoms with Crippen molar-refractivity contribution in [2.45, 2.75) is 10.1 Å². The van der Waals surface area contributed by atoms with Crippen molar-refractivity contribution in [3.05, 3.63) is 156 Å². The largest absolute Gasteiger partial charge is 0.497 e. The van der Waals surface area contributed by atoms with Crippen LogP contribution in [0.15, 0.2) is 144 Å². The molecule has 3 amide bonds. The van der Waals surface area contributed by atoms with E-state index < -0.39 is 17.1 Å². The highest BCUT2D eigenvalue weighted by Crippen LogP contribution is 2.37. The van der Waals surface area contributed by atoms with Crippen LogP contribution < -0.4 is 25.6 Å². The third kappa shape index (κ3) is 9.14. The summed E-state index contributed by atoms with van der Waals surface area (Å²) >= 11 is 1.40. The molecule has 0 saturated heterocycles. The molecule has 9 heteroatoms. The molecule has 0 aliphatic rings. The Labute approximate surface area is 284 Å². The van der Waals surface area contributed by atoms with Crippen LogP contribution in [0.5, 0.6) is 5.75 Å². The highest BCUT2D eigenvalue weighted by atomic mass is 32.2. The van der Waals surface area contributed by atoms with Crippen LogP contribution in [-0.4, -0.2) is 38.9 Å². The molecule has 1 atom stereocenters. The Morgan fingerprint density at radius 2 is 1.29 bits per heavy atom. The number of hydrogen-bond donors (Lipinski definition) is 3. The van der Waals surface area contributed by atoms with E-state index in [0.29, 0.717) is 22.7 Å². The van der Waals surface area contributed by atoms with Gasteiger partial charge in [0.1, 0.15) is 16.7 Å². The Kier molecular flexibility index (Phi) is 11.3. The number of thioether (sulfide) groups is 1. The molecule has 0 saturated carbocycles. The summed E-state index contributed by atoms with van der Waals surface area (Å²) in [4.78, 5) is 42.9. The Morgan fingerprint density at radius 1 is 0.708 bits per heavy atom. The maximum atomic E-state index is 13.5. The minimum absolute atomic E-state index is 0.0965. The van der Waals surface area contributed by atoms with E-state index >= 15 is 0 Å². The van der Waals surface area contributed by atoms with Crippen molar-refractivity contribution < 1.29 is 19.1 Å². The van der Waals surface area contributed by atoms with Crippen molar-refractivity contribution in [2.75, 3.05) is 36.7 Å². The van der Waals surface area contributed by atoms with Gasteiger partial charge in [-0.1, -0.05) is 60.7 Å². The summed E-state index contributed by atoms with van der Waals surface area (Å²) in [5.74, 6) is -0.337. The Bertz CT molecular complexity index is 1860. The first-order valence-electron chi connectivity index (χ1n) is 15.2. The summed E-state index contributed by atoms with van der Waals surface area (Å²) in [6.07, 6.45) is 1.64. The number of benzene rings is 5. The van der Waals surface area contributed by atoms with Crippen LogP contribution in [0.3, 0.4) is 0 Å². The molecule has 5 aromatic carbocycles. The number of carbonyl (C=O) groups is 3. The number of hydrogen-bond acceptors (Lipinski definition) is 6. The van der Waals surface area contributed by atoms with Crippen molar-refractivity contribution in [2.24, 2.45) is 0 Å². The Hall–Kier alpha value is -5.80. The van der Waals surface area contributed by atoms with E-state index in [-0.39, 0.29) is 11.6 Å². The van der Waals surface area contributed by atoms with Gasteiger partial charge in [-0.25, -0.2) is 0 Å². The van der Waals surface area contributed by atoms with Crippen LogP contribution in [0.25, 0.3) is 6.08 Å². The molecule has 5 rings (SSSR count). The van der Waals surface area contributed by atoms with Crippen LogP contribution in [0.4, 0.5) is 17.1 Å². The second kappa shape index (κ2) is 16.2. The van der Waals surface area contributed by atoms with E-state index in [0.717, 1.165) is 21.7 Å². The SMILES string of the molecule is COc1ccc(NC(=O)C(Sc2ccc(NC(=O)/C(=C/c3ccc(N(C)C)cc3)NC(=O)c3ccccc3)cc2)c2ccccc2)cc1. The number of nitrogens with one attached hydrogen (secondary N) is 3. The maximum Gasteiger partial charge on any atom is 0.272 e. The number of rotatable bonds is 12. The lowest BCUT2D eigenvalue weighted by Crippen LogP contribution is -2.30. The number of ether oxygens (including phenoxy) is 1. The van der Waals surface area contributed by atoms with Crippen LogP contribution in [-0.2, 0) is 9.59 Å². The average molecular weight is 657 g/mol.